The summed E-state index contributed by atoms with van der Waals surface area (Å²) in [5.41, 5.74) is 2.01. The van der Waals surface area contributed by atoms with Gasteiger partial charge in [-0.05, 0) is 44.9 Å². The molecule has 1 aliphatic heterocycles. The van der Waals surface area contributed by atoms with E-state index in [2.05, 4.69) is 34.5 Å². The normalized spacial score (nSPS) is 22.5. The van der Waals surface area contributed by atoms with Gasteiger partial charge in [0.15, 0.2) is 0 Å². The van der Waals surface area contributed by atoms with Gasteiger partial charge in [0.05, 0.1) is 5.60 Å². The maximum Gasteiger partial charge on any atom is 0.0791 e. The monoisotopic (exact) mass is 262 g/mol. The average Bonchev–Trinajstić information content (AvgIpc) is 2.58. The highest BCUT2D eigenvalue weighted by molar-refractivity contribution is 5.56. The summed E-state index contributed by atoms with van der Waals surface area (Å²) in [5, 5.41) is 13.8. The molecule has 1 aromatic rings. The minimum absolute atomic E-state index is 0.424. The van der Waals surface area contributed by atoms with E-state index in [0.29, 0.717) is 12.6 Å². The maximum atomic E-state index is 10.4. The predicted octanol–water partition coefficient (Wildman–Crippen LogP) is 2.71. The highest BCUT2D eigenvalue weighted by Gasteiger charge is 2.26. The summed E-state index contributed by atoms with van der Waals surface area (Å²) in [6.07, 6.45) is 3.08. The van der Waals surface area contributed by atoms with Crippen LogP contribution in [0.1, 0.15) is 44.7 Å². The van der Waals surface area contributed by atoms with Gasteiger partial charge >= 0.3 is 0 Å². The van der Waals surface area contributed by atoms with Gasteiger partial charge in [0, 0.05) is 24.8 Å². The van der Waals surface area contributed by atoms with Gasteiger partial charge in [-0.1, -0.05) is 25.1 Å². The van der Waals surface area contributed by atoms with Crippen molar-refractivity contribution in [2.24, 2.45) is 0 Å². The van der Waals surface area contributed by atoms with Gasteiger partial charge in [-0.25, -0.2) is 0 Å². The first-order valence-corrected chi connectivity index (χ1v) is 7.31. The molecule has 1 aromatic carbocycles. The number of anilines is 1. The highest BCUT2D eigenvalue weighted by atomic mass is 16.3. The van der Waals surface area contributed by atoms with Crippen LogP contribution < -0.4 is 10.2 Å². The lowest BCUT2D eigenvalue weighted by Gasteiger charge is -2.33. The van der Waals surface area contributed by atoms with Gasteiger partial charge in [0.25, 0.3) is 0 Å². The summed E-state index contributed by atoms with van der Waals surface area (Å²) in [4.78, 5) is 2.34. The number of para-hydroxylation sites is 1. The molecule has 3 nitrogen and oxygen atoms in total. The van der Waals surface area contributed by atoms with Crippen LogP contribution in [-0.2, 0) is 0 Å². The Morgan fingerprint density at radius 3 is 2.84 bits per heavy atom. The number of rotatable bonds is 4. The van der Waals surface area contributed by atoms with E-state index in [1.54, 1.807) is 0 Å². The first kappa shape index (κ1) is 14.4. The van der Waals surface area contributed by atoms with E-state index in [9.17, 15) is 5.11 Å². The van der Waals surface area contributed by atoms with Crippen LogP contribution >= 0.6 is 0 Å². The van der Waals surface area contributed by atoms with Crippen molar-refractivity contribution >= 4 is 5.69 Å². The Kier molecular flexibility index (Phi) is 4.48. The molecule has 0 bridgehead atoms. The van der Waals surface area contributed by atoms with Crippen molar-refractivity contribution in [1.82, 2.24) is 5.32 Å². The van der Waals surface area contributed by atoms with Crippen molar-refractivity contribution in [1.29, 1.82) is 0 Å². The van der Waals surface area contributed by atoms with Gasteiger partial charge in [0.1, 0.15) is 0 Å². The van der Waals surface area contributed by atoms with E-state index in [4.69, 9.17) is 0 Å². The second kappa shape index (κ2) is 5.93. The molecule has 0 saturated heterocycles. The summed E-state index contributed by atoms with van der Waals surface area (Å²) in [6.45, 7) is 5.69. The Morgan fingerprint density at radius 2 is 2.16 bits per heavy atom. The number of β-amino-alcohol motifs (C(OH)–C–C–N with tert-alkyl or cyclic N) is 1. The van der Waals surface area contributed by atoms with E-state index in [1.807, 2.05) is 20.9 Å². The van der Waals surface area contributed by atoms with Crippen molar-refractivity contribution in [2.45, 2.75) is 44.8 Å². The van der Waals surface area contributed by atoms with Crippen LogP contribution in [0.25, 0.3) is 0 Å². The molecule has 1 heterocycles. The third kappa shape index (κ3) is 3.28. The number of benzene rings is 1. The van der Waals surface area contributed by atoms with Gasteiger partial charge in [-0.15, -0.1) is 0 Å². The number of nitrogens with one attached hydrogen (secondary N) is 1. The van der Waals surface area contributed by atoms with Crippen molar-refractivity contribution < 1.29 is 5.11 Å². The van der Waals surface area contributed by atoms with Crippen LogP contribution in [-0.4, -0.2) is 30.8 Å². The Labute approximate surface area is 116 Å². The molecule has 0 saturated carbocycles. The molecule has 2 rings (SSSR count). The number of fused-ring (bicyclic) bond motifs is 1. The minimum Gasteiger partial charge on any atom is -0.388 e. The largest absolute Gasteiger partial charge is 0.388 e. The molecule has 2 N–H and O–H groups in total. The molecule has 0 aromatic heterocycles. The lowest BCUT2D eigenvalue weighted by Crippen LogP contribution is -2.41. The van der Waals surface area contributed by atoms with Crippen molar-refractivity contribution in [3.05, 3.63) is 29.8 Å². The molecule has 0 radical (unpaired) electrons. The molecular weight excluding hydrogens is 236 g/mol. The Hall–Kier alpha value is -1.06. The lowest BCUT2D eigenvalue weighted by atomic mass is 10.0. The van der Waals surface area contributed by atoms with Crippen LogP contribution in [0, 0.1) is 0 Å². The maximum absolute atomic E-state index is 10.4. The Balaban J connectivity index is 2.30. The van der Waals surface area contributed by atoms with E-state index in [0.717, 1.165) is 25.8 Å². The third-order valence-electron chi connectivity index (χ3n) is 4.22. The van der Waals surface area contributed by atoms with Crippen LogP contribution in [0.2, 0.25) is 0 Å². The van der Waals surface area contributed by atoms with Crippen LogP contribution in [0.3, 0.4) is 0 Å². The van der Waals surface area contributed by atoms with E-state index in [-0.39, 0.29) is 0 Å². The molecule has 0 fully saturated rings. The van der Waals surface area contributed by atoms with E-state index in [1.165, 1.54) is 11.3 Å². The van der Waals surface area contributed by atoms with Crippen molar-refractivity contribution in [2.75, 3.05) is 25.0 Å². The van der Waals surface area contributed by atoms with Crippen LogP contribution in [0.4, 0.5) is 5.69 Å². The van der Waals surface area contributed by atoms with E-state index >= 15 is 0 Å². The fourth-order valence-corrected chi connectivity index (χ4v) is 2.82. The van der Waals surface area contributed by atoms with Gasteiger partial charge < -0.3 is 15.3 Å². The van der Waals surface area contributed by atoms with Gasteiger partial charge in [-0.2, -0.15) is 0 Å². The fraction of sp³-hybridized carbons (Fsp3) is 0.625. The van der Waals surface area contributed by atoms with E-state index < -0.39 is 5.60 Å². The highest BCUT2D eigenvalue weighted by Crippen LogP contribution is 2.33. The van der Waals surface area contributed by atoms with Gasteiger partial charge in [-0.3, -0.25) is 0 Å². The number of aliphatic hydroxyl groups is 1. The summed E-state index contributed by atoms with van der Waals surface area (Å²) < 4.78 is 0. The molecule has 2 unspecified atom stereocenters. The zero-order valence-electron chi connectivity index (χ0n) is 12.3. The molecule has 19 heavy (non-hydrogen) atoms. The van der Waals surface area contributed by atoms with Crippen LogP contribution in [0.15, 0.2) is 24.3 Å². The molecule has 3 heteroatoms. The fourth-order valence-electron chi connectivity index (χ4n) is 2.82. The summed E-state index contributed by atoms with van der Waals surface area (Å²) >= 11 is 0. The van der Waals surface area contributed by atoms with Crippen LogP contribution in [0.5, 0.6) is 0 Å². The Morgan fingerprint density at radius 1 is 1.42 bits per heavy atom. The molecular formula is C16H26N2O. The second-order valence-electron chi connectivity index (χ2n) is 5.81. The smallest absolute Gasteiger partial charge is 0.0791 e. The molecule has 0 amide bonds. The lowest BCUT2D eigenvalue weighted by molar-refractivity contribution is 0.0630. The number of hydrogen-bond donors (Lipinski definition) is 2. The van der Waals surface area contributed by atoms with Crippen molar-refractivity contribution in [3.63, 3.8) is 0 Å². The minimum atomic E-state index is -0.618. The number of nitrogens with zero attached hydrogens (tertiary/aromatic N) is 1. The quantitative estimate of drug-likeness (QED) is 0.876. The molecule has 106 valence electrons. The zero-order chi connectivity index (χ0) is 13.9. The first-order valence-electron chi connectivity index (χ1n) is 7.31. The van der Waals surface area contributed by atoms with Crippen molar-refractivity contribution in [3.8, 4) is 0 Å². The first-order chi connectivity index (χ1) is 9.07. The summed E-state index contributed by atoms with van der Waals surface area (Å²) in [6, 6.07) is 8.99. The SMILES string of the molecule is CCC(C)(O)CN1CCCC(NC)c2ccccc21. The van der Waals surface area contributed by atoms with Gasteiger partial charge in [0.2, 0.25) is 0 Å². The molecule has 2 atom stereocenters. The summed E-state index contributed by atoms with van der Waals surface area (Å²) in [5.74, 6) is 0. The third-order valence-corrected chi connectivity index (χ3v) is 4.22. The molecule has 0 spiro atoms. The standard InChI is InChI=1S/C16H26N2O/c1-4-16(2,19)12-18-11-7-9-14(17-3)13-8-5-6-10-15(13)18/h5-6,8,10,14,17,19H,4,7,9,11-12H2,1-3H3. The summed E-state index contributed by atoms with van der Waals surface area (Å²) in [7, 11) is 2.03. The second-order valence-corrected chi connectivity index (χ2v) is 5.81. The average molecular weight is 262 g/mol. The predicted molar refractivity (Wildman–Crippen MR) is 80.6 cm³/mol. The number of hydrogen-bond acceptors (Lipinski definition) is 3. The Bertz CT molecular complexity index is 417. The molecule has 0 aliphatic carbocycles. The zero-order valence-corrected chi connectivity index (χ0v) is 12.3. The topological polar surface area (TPSA) is 35.5 Å². The molecule has 1 aliphatic rings.